The van der Waals surface area contributed by atoms with Crippen molar-refractivity contribution >= 4 is 34.7 Å². The van der Waals surface area contributed by atoms with Gasteiger partial charge in [-0.25, -0.2) is 0 Å². The van der Waals surface area contributed by atoms with E-state index in [0.29, 0.717) is 0 Å². The van der Waals surface area contributed by atoms with Crippen LogP contribution < -0.4 is 5.32 Å². The van der Waals surface area contributed by atoms with Gasteiger partial charge in [-0.15, -0.1) is 23.1 Å². The highest BCUT2D eigenvalue weighted by molar-refractivity contribution is 7.98. The Bertz CT molecular complexity index is 507. The van der Waals surface area contributed by atoms with Gasteiger partial charge in [-0.1, -0.05) is 30.7 Å². The van der Waals surface area contributed by atoms with Crippen molar-refractivity contribution in [3.63, 3.8) is 0 Å². The van der Waals surface area contributed by atoms with Gasteiger partial charge < -0.3 is 5.32 Å². The molecule has 0 bridgehead atoms. The van der Waals surface area contributed by atoms with Gasteiger partial charge in [-0.05, 0) is 48.4 Å². The summed E-state index contributed by atoms with van der Waals surface area (Å²) in [5.74, 6) is 0. The number of halogens is 1. The summed E-state index contributed by atoms with van der Waals surface area (Å²) < 4.78 is 0. The molecule has 102 valence electrons. The fourth-order valence-electron chi connectivity index (χ4n) is 1.96. The minimum Gasteiger partial charge on any atom is -0.306 e. The predicted octanol–water partition coefficient (Wildman–Crippen LogP) is 5.21. The summed E-state index contributed by atoms with van der Waals surface area (Å²) in [5, 5.41) is 6.49. The van der Waals surface area contributed by atoms with Crippen LogP contribution in [0.25, 0.3) is 0 Å². The van der Waals surface area contributed by atoms with Crippen LogP contribution in [0.5, 0.6) is 0 Å². The number of hydrogen-bond acceptors (Lipinski definition) is 3. The minimum atomic E-state index is 0.198. The van der Waals surface area contributed by atoms with E-state index in [9.17, 15) is 0 Å². The molecule has 1 heterocycles. The highest BCUT2D eigenvalue weighted by Crippen LogP contribution is 2.33. The van der Waals surface area contributed by atoms with E-state index < -0.39 is 0 Å². The van der Waals surface area contributed by atoms with Crippen LogP contribution in [0, 0.1) is 0 Å². The summed E-state index contributed by atoms with van der Waals surface area (Å²) in [6.45, 7) is 3.17. The molecule has 0 radical (unpaired) electrons. The molecule has 2 rings (SSSR count). The van der Waals surface area contributed by atoms with Gasteiger partial charge in [-0.3, -0.25) is 0 Å². The lowest BCUT2D eigenvalue weighted by molar-refractivity contribution is 0.606. The molecule has 0 spiro atoms. The molecule has 1 N–H and O–H groups in total. The standard InChI is InChI=1S/C15H18ClNS2/c1-3-9-17-14(15-13(16)8-10-19-15)11-4-6-12(18-2)7-5-11/h4-8,10,14,17H,3,9H2,1-2H3. The lowest BCUT2D eigenvalue weighted by Gasteiger charge is -2.18. The zero-order valence-corrected chi connectivity index (χ0v) is 13.5. The largest absolute Gasteiger partial charge is 0.306 e. The topological polar surface area (TPSA) is 12.0 Å². The van der Waals surface area contributed by atoms with Gasteiger partial charge in [0.25, 0.3) is 0 Å². The van der Waals surface area contributed by atoms with Crippen LogP contribution in [0.4, 0.5) is 0 Å². The predicted molar refractivity (Wildman–Crippen MR) is 87.7 cm³/mol. The average Bonchev–Trinajstić information content (AvgIpc) is 2.86. The Balaban J connectivity index is 2.28. The monoisotopic (exact) mass is 311 g/mol. The molecule has 19 heavy (non-hydrogen) atoms. The highest BCUT2D eigenvalue weighted by Gasteiger charge is 2.17. The summed E-state index contributed by atoms with van der Waals surface area (Å²) in [6, 6.07) is 10.9. The van der Waals surface area contributed by atoms with Gasteiger partial charge in [-0.2, -0.15) is 0 Å². The first kappa shape index (κ1) is 14.9. The van der Waals surface area contributed by atoms with Crippen LogP contribution in [-0.2, 0) is 0 Å². The van der Waals surface area contributed by atoms with Crippen LogP contribution in [0.2, 0.25) is 5.02 Å². The van der Waals surface area contributed by atoms with Gasteiger partial charge >= 0.3 is 0 Å². The van der Waals surface area contributed by atoms with E-state index in [1.54, 1.807) is 23.1 Å². The number of thioether (sulfide) groups is 1. The Labute approximate surface area is 128 Å². The van der Waals surface area contributed by atoms with Crippen molar-refractivity contribution in [1.29, 1.82) is 0 Å². The third kappa shape index (κ3) is 3.76. The molecule has 0 saturated heterocycles. The highest BCUT2D eigenvalue weighted by atomic mass is 35.5. The summed E-state index contributed by atoms with van der Waals surface area (Å²) in [5.41, 5.74) is 1.27. The molecular formula is C15H18ClNS2. The summed E-state index contributed by atoms with van der Waals surface area (Å²) in [4.78, 5) is 2.49. The lowest BCUT2D eigenvalue weighted by Crippen LogP contribution is -2.22. The van der Waals surface area contributed by atoms with Crippen LogP contribution in [0.15, 0.2) is 40.6 Å². The lowest BCUT2D eigenvalue weighted by atomic mass is 10.1. The van der Waals surface area contributed by atoms with Gasteiger partial charge in [0.05, 0.1) is 11.1 Å². The molecule has 4 heteroatoms. The van der Waals surface area contributed by atoms with Crippen LogP contribution in [-0.4, -0.2) is 12.8 Å². The van der Waals surface area contributed by atoms with Crippen molar-refractivity contribution in [3.8, 4) is 0 Å². The molecule has 0 aliphatic rings. The summed E-state index contributed by atoms with van der Waals surface area (Å²) in [6.07, 6.45) is 3.21. The summed E-state index contributed by atoms with van der Waals surface area (Å²) >= 11 is 9.77. The van der Waals surface area contributed by atoms with Crippen molar-refractivity contribution in [3.05, 3.63) is 51.2 Å². The molecule has 1 atom stereocenters. The second-order valence-electron chi connectivity index (χ2n) is 4.29. The number of thiophene rings is 1. The minimum absolute atomic E-state index is 0.198. The quantitative estimate of drug-likeness (QED) is 0.735. The third-order valence-corrected chi connectivity index (χ3v) is 5.12. The normalized spacial score (nSPS) is 12.6. The summed E-state index contributed by atoms with van der Waals surface area (Å²) in [7, 11) is 0. The van der Waals surface area contributed by atoms with Crippen LogP contribution in [0.3, 0.4) is 0 Å². The van der Waals surface area contributed by atoms with Crippen molar-refractivity contribution in [2.24, 2.45) is 0 Å². The first-order chi connectivity index (χ1) is 9.26. The van der Waals surface area contributed by atoms with Crippen molar-refractivity contribution in [1.82, 2.24) is 5.32 Å². The molecule has 0 saturated carbocycles. The first-order valence-corrected chi connectivity index (χ1v) is 8.84. The van der Waals surface area contributed by atoms with Crippen molar-refractivity contribution in [2.45, 2.75) is 24.3 Å². The van der Waals surface area contributed by atoms with E-state index >= 15 is 0 Å². The Hall–Kier alpha value is -0.480. The molecule has 1 aromatic carbocycles. The van der Waals surface area contributed by atoms with E-state index in [2.05, 4.69) is 48.1 Å². The maximum absolute atomic E-state index is 6.29. The van der Waals surface area contributed by atoms with E-state index in [-0.39, 0.29) is 6.04 Å². The Morgan fingerprint density at radius 3 is 2.53 bits per heavy atom. The van der Waals surface area contributed by atoms with E-state index in [1.807, 2.05) is 6.07 Å². The number of benzene rings is 1. The Morgan fingerprint density at radius 1 is 1.26 bits per heavy atom. The molecule has 1 aromatic heterocycles. The fraction of sp³-hybridized carbons (Fsp3) is 0.333. The molecule has 1 unspecified atom stereocenters. The molecule has 0 aliphatic heterocycles. The number of rotatable bonds is 6. The Kier molecular flexibility index (Phi) is 5.76. The van der Waals surface area contributed by atoms with Crippen molar-refractivity contribution in [2.75, 3.05) is 12.8 Å². The molecule has 1 nitrogen and oxygen atoms in total. The maximum Gasteiger partial charge on any atom is 0.0686 e. The van der Waals surface area contributed by atoms with Gasteiger partial charge in [0.2, 0.25) is 0 Å². The van der Waals surface area contributed by atoms with Gasteiger partial charge in [0.15, 0.2) is 0 Å². The smallest absolute Gasteiger partial charge is 0.0686 e. The van der Waals surface area contributed by atoms with Crippen LogP contribution in [0.1, 0.15) is 29.8 Å². The second-order valence-corrected chi connectivity index (χ2v) is 6.53. The fourth-order valence-corrected chi connectivity index (χ4v) is 3.63. The van der Waals surface area contributed by atoms with Gasteiger partial charge in [0, 0.05) is 9.77 Å². The van der Waals surface area contributed by atoms with E-state index in [1.165, 1.54) is 15.3 Å². The molecule has 0 aliphatic carbocycles. The van der Waals surface area contributed by atoms with Gasteiger partial charge in [0.1, 0.15) is 0 Å². The van der Waals surface area contributed by atoms with E-state index in [4.69, 9.17) is 11.6 Å². The Morgan fingerprint density at radius 2 is 2.00 bits per heavy atom. The second kappa shape index (κ2) is 7.34. The molecule has 2 aromatic rings. The number of hydrogen-bond donors (Lipinski definition) is 1. The first-order valence-electron chi connectivity index (χ1n) is 6.36. The zero-order chi connectivity index (χ0) is 13.7. The average molecular weight is 312 g/mol. The van der Waals surface area contributed by atoms with Crippen molar-refractivity contribution < 1.29 is 0 Å². The SMILES string of the molecule is CCCNC(c1ccc(SC)cc1)c1sccc1Cl. The third-order valence-electron chi connectivity index (χ3n) is 2.95. The number of nitrogens with one attached hydrogen (secondary N) is 1. The zero-order valence-electron chi connectivity index (χ0n) is 11.2. The molecule has 0 fully saturated rings. The molecular weight excluding hydrogens is 294 g/mol. The van der Waals surface area contributed by atoms with Crippen LogP contribution >= 0.6 is 34.7 Å². The maximum atomic E-state index is 6.29. The molecule has 0 amide bonds. The van der Waals surface area contributed by atoms with E-state index in [0.717, 1.165) is 18.0 Å².